The Bertz CT molecular complexity index is 1960. The summed E-state index contributed by atoms with van der Waals surface area (Å²) in [6.07, 6.45) is 0.164. The minimum absolute atomic E-state index is 0.00455. The summed E-state index contributed by atoms with van der Waals surface area (Å²) in [5, 5.41) is 9.56. The average molecular weight is 791 g/mol. The molecule has 3 heterocycles. The number of nitrogens with two attached hydrogens (primary N) is 2. The molecule has 5 rings (SSSR count). The molecular formula is C37H43ClF4N8O3S. The number of rotatable bonds is 9. The second kappa shape index (κ2) is 18.4. The van der Waals surface area contributed by atoms with E-state index in [9.17, 15) is 31.9 Å². The van der Waals surface area contributed by atoms with Crippen LogP contribution in [0.15, 0.2) is 64.8 Å². The smallest absolute Gasteiger partial charge is 0.361 e. The normalized spacial score (nSPS) is 19.2. The van der Waals surface area contributed by atoms with Crippen molar-refractivity contribution in [1.82, 2.24) is 30.8 Å². The second-order valence-electron chi connectivity index (χ2n) is 13.1. The van der Waals surface area contributed by atoms with Crippen molar-refractivity contribution in [1.29, 1.82) is 0 Å². The Labute approximate surface area is 319 Å². The zero-order chi connectivity index (χ0) is 39.0. The molecule has 4 aromatic rings. The number of benzene rings is 2. The molecule has 0 radical (unpaired) electrons. The van der Waals surface area contributed by atoms with Crippen LogP contribution >= 0.6 is 23.4 Å². The molecule has 11 nitrogen and oxygen atoms in total. The van der Waals surface area contributed by atoms with Crippen molar-refractivity contribution in [2.45, 2.75) is 85.8 Å². The van der Waals surface area contributed by atoms with Gasteiger partial charge >= 0.3 is 6.18 Å². The van der Waals surface area contributed by atoms with Gasteiger partial charge < -0.3 is 37.3 Å². The Morgan fingerprint density at radius 1 is 0.981 bits per heavy atom. The van der Waals surface area contributed by atoms with E-state index in [0.717, 1.165) is 23.9 Å². The van der Waals surface area contributed by atoms with E-state index in [1.807, 2.05) is 0 Å². The Morgan fingerprint density at radius 2 is 1.74 bits per heavy atom. The summed E-state index contributed by atoms with van der Waals surface area (Å²) in [6, 6.07) is 6.30. The van der Waals surface area contributed by atoms with Gasteiger partial charge in [-0.05, 0) is 98.3 Å². The first-order chi connectivity index (χ1) is 25.8. The van der Waals surface area contributed by atoms with Crippen LogP contribution in [0.25, 0.3) is 10.9 Å². The fourth-order valence-corrected chi connectivity index (χ4v) is 7.77. The lowest BCUT2D eigenvalue weighted by Gasteiger charge is -2.32. The van der Waals surface area contributed by atoms with Crippen molar-refractivity contribution in [2.75, 3.05) is 20.1 Å². The molecule has 0 spiro atoms. The molecule has 290 valence electrons. The van der Waals surface area contributed by atoms with E-state index in [0.29, 0.717) is 65.8 Å². The third-order valence-corrected chi connectivity index (χ3v) is 11.0. The molecule has 54 heavy (non-hydrogen) atoms. The van der Waals surface area contributed by atoms with Gasteiger partial charge in [0.15, 0.2) is 0 Å². The topological polar surface area (TPSA) is 171 Å². The van der Waals surface area contributed by atoms with Crippen molar-refractivity contribution in [3.63, 3.8) is 0 Å². The predicted octanol–water partition coefficient (Wildman–Crippen LogP) is 5.04. The standard InChI is InChI=1S/C37H43ClF4N8O3S/c1-50-31(16-22-19-46-28-12-9-23(39)17-24(22)28)34(52)48-20-25-26(37(40,41)42)10-11-27(38)32(25)54-35-21(6-5-15-45-35)18-47-29(8-4-14-44)33(51)49-30(36(50)53)7-2-3-13-43/h5-6,9-12,15,17,19,29-31,46-47H,2-4,7-8,13-14,16,18,20,43-44H2,1H3,(H,48,52)(H,49,51)/t29-,30-,31-/m0/s1. The molecule has 0 saturated carbocycles. The lowest BCUT2D eigenvalue weighted by molar-refractivity contribution is -0.142. The van der Waals surface area contributed by atoms with Crippen LogP contribution in [0.4, 0.5) is 17.6 Å². The number of hydrogen-bond acceptors (Lipinski definition) is 8. The molecule has 2 aromatic carbocycles. The number of alkyl halides is 3. The number of aromatic amines is 1. The van der Waals surface area contributed by atoms with Gasteiger partial charge in [-0.15, -0.1) is 0 Å². The number of hydrogen-bond donors (Lipinski definition) is 6. The number of unbranched alkanes of at least 4 members (excludes halogenated alkanes) is 1. The summed E-state index contributed by atoms with van der Waals surface area (Å²) in [4.78, 5) is 51.2. The van der Waals surface area contributed by atoms with E-state index < -0.39 is 59.9 Å². The van der Waals surface area contributed by atoms with Gasteiger partial charge in [0.25, 0.3) is 0 Å². The summed E-state index contributed by atoms with van der Waals surface area (Å²) in [6.45, 7) is 0.146. The number of pyridine rings is 1. The number of carbonyl (C=O) groups is 3. The van der Waals surface area contributed by atoms with Crippen LogP contribution in [0.2, 0.25) is 5.02 Å². The predicted molar refractivity (Wildman–Crippen MR) is 199 cm³/mol. The highest BCUT2D eigenvalue weighted by atomic mass is 35.5. The molecule has 3 atom stereocenters. The molecule has 0 saturated heterocycles. The highest BCUT2D eigenvalue weighted by molar-refractivity contribution is 7.99. The number of nitrogens with one attached hydrogen (secondary N) is 4. The average Bonchev–Trinajstić information content (AvgIpc) is 3.53. The number of H-pyrrole nitrogens is 1. The summed E-state index contributed by atoms with van der Waals surface area (Å²) in [5.74, 6) is -2.37. The molecule has 0 bridgehead atoms. The van der Waals surface area contributed by atoms with Gasteiger partial charge in [-0.25, -0.2) is 9.37 Å². The van der Waals surface area contributed by atoms with Gasteiger partial charge in [-0.2, -0.15) is 13.2 Å². The lowest BCUT2D eigenvalue weighted by Crippen LogP contribution is -2.57. The minimum atomic E-state index is -4.81. The maximum Gasteiger partial charge on any atom is 0.416 e. The first-order valence-electron chi connectivity index (χ1n) is 17.6. The Balaban J connectivity index is 1.63. The van der Waals surface area contributed by atoms with Gasteiger partial charge in [0.2, 0.25) is 17.7 Å². The molecular weight excluding hydrogens is 748 g/mol. The van der Waals surface area contributed by atoms with Gasteiger partial charge in [-0.3, -0.25) is 14.4 Å². The van der Waals surface area contributed by atoms with E-state index in [1.54, 1.807) is 18.3 Å². The lowest BCUT2D eigenvalue weighted by atomic mass is 10.0. The molecule has 1 aliphatic heterocycles. The van der Waals surface area contributed by atoms with Crippen molar-refractivity contribution in [3.05, 3.63) is 88.0 Å². The number of fused-ring (bicyclic) bond motifs is 3. The number of aromatic nitrogens is 2. The molecule has 0 aliphatic carbocycles. The van der Waals surface area contributed by atoms with Crippen LogP contribution in [0, 0.1) is 5.82 Å². The summed E-state index contributed by atoms with van der Waals surface area (Å²) in [7, 11) is 1.40. The van der Waals surface area contributed by atoms with Gasteiger partial charge in [0, 0.05) is 54.8 Å². The molecule has 1 aliphatic rings. The summed E-state index contributed by atoms with van der Waals surface area (Å²) < 4.78 is 58.1. The van der Waals surface area contributed by atoms with Crippen LogP contribution in [-0.2, 0) is 40.1 Å². The zero-order valence-electron chi connectivity index (χ0n) is 29.6. The fraction of sp³-hybridized carbons (Fsp3) is 0.405. The Kier molecular flexibility index (Phi) is 14.0. The van der Waals surface area contributed by atoms with Gasteiger partial charge in [0.1, 0.15) is 22.9 Å². The molecule has 3 amide bonds. The molecule has 17 heteroatoms. The molecule has 2 aromatic heterocycles. The first-order valence-corrected chi connectivity index (χ1v) is 18.8. The largest absolute Gasteiger partial charge is 0.416 e. The summed E-state index contributed by atoms with van der Waals surface area (Å²) in [5.41, 5.74) is 11.9. The van der Waals surface area contributed by atoms with E-state index in [4.69, 9.17) is 23.1 Å². The minimum Gasteiger partial charge on any atom is -0.361 e. The van der Waals surface area contributed by atoms with E-state index in [1.165, 1.54) is 36.3 Å². The third-order valence-electron chi connectivity index (χ3n) is 9.38. The number of halogens is 5. The second-order valence-corrected chi connectivity index (χ2v) is 14.5. The number of amides is 3. The monoisotopic (exact) mass is 790 g/mol. The van der Waals surface area contributed by atoms with E-state index in [2.05, 4.69) is 25.9 Å². The SMILES string of the molecule is CN1C(=O)[C@H](CCCCN)NC(=O)[C@H](CCCN)NCc2cccnc2Sc2c(Cl)ccc(C(F)(F)F)c2CNC(=O)[C@@H]1Cc1c[nH]c2ccc(F)cc12. The van der Waals surface area contributed by atoms with Crippen LogP contribution in [0.3, 0.4) is 0 Å². The van der Waals surface area contributed by atoms with Gasteiger partial charge in [0.05, 0.1) is 16.6 Å². The number of likely N-dealkylation sites (N-methyl/N-ethyl adjacent to an activating group) is 1. The fourth-order valence-electron chi connectivity index (χ4n) is 6.43. The van der Waals surface area contributed by atoms with Crippen LogP contribution in [0.1, 0.15) is 54.4 Å². The van der Waals surface area contributed by atoms with Crippen molar-refractivity contribution in [3.8, 4) is 0 Å². The van der Waals surface area contributed by atoms with E-state index in [-0.39, 0.29) is 34.9 Å². The highest BCUT2D eigenvalue weighted by Crippen LogP contribution is 2.43. The van der Waals surface area contributed by atoms with Crippen LogP contribution in [-0.4, -0.2) is 70.9 Å². The molecule has 8 N–H and O–H groups in total. The number of nitrogens with zero attached hydrogens (tertiary/aromatic N) is 2. The molecule has 0 unspecified atom stereocenters. The maximum atomic E-state index is 14.6. The van der Waals surface area contributed by atoms with Crippen molar-refractivity contribution in [2.24, 2.45) is 11.5 Å². The quantitative estimate of drug-likeness (QED) is 0.101. The highest BCUT2D eigenvalue weighted by Gasteiger charge is 2.37. The van der Waals surface area contributed by atoms with Crippen molar-refractivity contribution >= 4 is 52.0 Å². The maximum absolute atomic E-state index is 14.6. The molecule has 0 fully saturated rings. The van der Waals surface area contributed by atoms with Gasteiger partial charge in [-0.1, -0.05) is 29.4 Å². The van der Waals surface area contributed by atoms with Crippen molar-refractivity contribution < 1.29 is 31.9 Å². The van der Waals surface area contributed by atoms with Crippen LogP contribution < -0.4 is 27.4 Å². The Hall–Kier alpha value is -4.22. The first kappa shape index (κ1) is 41.0. The zero-order valence-corrected chi connectivity index (χ0v) is 31.1. The Morgan fingerprint density at radius 3 is 2.48 bits per heavy atom. The summed E-state index contributed by atoms with van der Waals surface area (Å²) >= 11 is 7.49. The number of carbonyl (C=O) groups excluding carboxylic acids is 3. The van der Waals surface area contributed by atoms with Crippen LogP contribution in [0.5, 0.6) is 0 Å². The third kappa shape index (κ3) is 9.90. The van der Waals surface area contributed by atoms with E-state index >= 15 is 0 Å².